The summed E-state index contributed by atoms with van der Waals surface area (Å²) in [5.74, 6) is -3.83. The van der Waals surface area contributed by atoms with Crippen LogP contribution in [0.2, 0.25) is 0 Å². The fraction of sp³-hybridized carbons (Fsp3) is 0.765. The zero-order valence-corrected chi connectivity index (χ0v) is 18.1. The number of rotatable bonds is 3. The summed E-state index contributed by atoms with van der Waals surface area (Å²) >= 11 is 0. The van der Waals surface area contributed by atoms with Gasteiger partial charge in [-0.25, -0.2) is 14.4 Å². The van der Waals surface area contributed by atoms with E-state index in [1.54, 1.807) is 0 Å². The van der Waals surface area contributed by atoms with Gasteiger partial charge in [-0.05, 0) is 62.3 Å². The number of nitrogens with zero attached hydrogens (tertiary/aromatic N) is 3. The third-order valence-electron chi connectivity index (χ3n) is 2.60. The third-order valence-corrected chi connectivity index (χ3v) is 2.60. The second-order valence-electron chi connectivity index (χ2n) is 9.06. The van der Waals surface area contributed by atoms with Crippen molar-refractivity contribution in [3.63, 3.8) is 0 Å². The van der Waals surface area contributed by atoms with Crippen molar-refractivity contribution in [2.24, 2.45) is 0 Å². The summed E-state index contributed by atoms with van der Waals surface area (Å²) in [6, 6.07) is 0. The Morgan fingerprint density at radius 2 is 0.759 bits per heavy atom. The van der Waals surface area contributed by atoms with Gasteiger partial charge >= 0.3 is 18.3 Å². The first kappa shape index (κ1) is 26.6. The zero-order chi connectivity index (χ0) is 23.6. The van der Waals surface area contributed by atoms with Crippen molar-refractivity contribution in [1.82, 2.24) is 15.4 Å². The molecule has 0 spiro atoms. The maximum atomic E-state index is 14.8. The first-order chi connectivity index (χ1) is 12.6. The Morgan fingerprint density at radius 3 is 0.897 bits per heavy atom. The Labute approximate surface area is 168 Å². The van der Waals surface area contributed by atoms with Gasteiger partial charge in [0.15, 0.2) is 0 Å². The first-order valence-electron chi connectivity index (χ1n) is 8.54. The van der Waals surface area contributed by atoms with Crippen LogP contribution in [0.15, 0.2) is 0 Å². The molecule has 12 heteroatoms. The molecule has 0 N–H and O–H groups in total. The minimum absolute atomic E-state index is 1.20. The highest BCUT2D eigenvalue weighted by Crippen LogP contribution is 2.31. The molecule has 0 fully saturated rings. The zero-order valence-electron chi connectivity index (χ0n) is 18.1. The molecule has 0 aliphatic heterocycles. The van der Waals surface area contributed by atoms with E-state index in [0.29, 0.717) is 0 Å². The molecule has 0 unspecified atom stereocenters. The van der Waals surface area contributed by atoms with Crippen molar-refractivity contribution < 1.29 is 42.0 Å². The van der Waals surface area contributed by atoms with Gasteiger partial charge in [0.25, 0.3) is 5.79 Å². The molecule has 169 valence electrons. The van der Waals surface area contributed by atoms with Crippen molar-refractivity contribution in [2.45, 2.75) is 84.9 Å². The maximum Gasteiger partial charge on any atom is 0.442 e. The van der Waals surface area contributed by atoms with E-state index in [9.17, 15) is 27.8 Å². The van der Waals surface area contributed by atoms with Gasteiger partial charge in [0.1, 0.15) is 16.8 Å². The summed E-state index contributed by atoms with van der Waals surface area (Å²) in [5, 5.41) is -3.61. The minimum Gasteiger partial charge on any atom is -0.442 e. The highest BCUT2D eigenvalue weighted by Gasteiger charge is 2.57. The molecule has 0 aromatic rings. The van der Waals surface area contributed by atoms with E-state index in [1.807, 2.05) is 0 Å². The van der Waals surface area contributed by atoms with E-state index in [4.69, 9.17) is 0 Å². The van der Waals surface area contributed by atoms with E-state index < -0.39 is 56.2 Å². The summed E-state index contributed by atoms with van der Waals surface area (Å²) in [4.78, 5) is 36.1. The molecule has 3 amide bonds. The molecule has 9 nitrogen and oxygen atoms in total. The number of hydrogen-bond acceptors (Lipinski definition) is 6. The van der Waals surface area contributed by atoms with Gasteiger partial charge in [-0.1, -0.05) is 28.8 Å². The maximum absolute atomic E-state index is 14.8. The van der Waals surface area contributed by atoms with Gasteiger partial charge in [-0.2, -0.15) is 0 Å². The largest absolute Gasteiger partial charge is 0.442 e. The van der Waals surface area contributed by atoms with Gasteiger partial charge < -0.3 is 14.2 Å². The topological polar surface area (TPSA) is 88.6 Å². The number of ether oxygens (including phenoxy) is 3. The van der Waals surface area contributed by atoms with Crippen molar-refractivity contribution in [3.05, 3.63) is 6.92 Å². The van der Waals surface area contributed by atoms with Gasteiger partial charge in [0.2, 0.25) is 0 Å². The molecule has 0 aliphatic carbocycles. The molecule has 0 saturated heterocycles. The van der Waals surface area contributed by atoms with E-state index in [1.165, 1.54) is 62.3 Å². The summed E-state index contributed by atoms with van der Waals surface area (Å²) in [6.45, 7) is 15.0. The number of amides is 3. The second kappa shape index (κ2) is 8.54. The Morgan fingerprint density at radius 1 is 0.586 bits per heavy atom. The predicted octanol–water partition coefficient (Wildman–Crippen LogP) is 4.84. The number of hydrogen-bond donors (Lipinski definition) is 0. The van der Waals surface area contributed by atoms with Crippen molar-refractivity contribution >= 4 is 18.3 Å². The van der Waals surface area contributed by atoms with Crippen molar-refractivity contribution in [1.29, 1.82) is 0 Å². The number of carbonyl (C=O) groups is 3. The van der Waals surface area contributed by atoms with E-state index in [2.05, 4.69) is 21.1 Å². The van der Waals surface area contributed by atoms with Crippen molar-refractivity contribution in [2.75, 3.05) is 0 Å². The fourth-order valence-corrected chi connectivity index (χ4v) is 1.58. The van der Waals surface area contributed by atoms with Crippen LogP contribution in [-0.4, -0.2) is 56.2 Å². The SMILES string of the molecule is [CH2]C(N(F)C(=O)OC(C)(C)C)(N(F)C(=O)OC(C)(C)C)N(F)C(=O)OC(C)(C)C. The Kier molecular flexibility index (Phi) is 7.83. The highest BCUT2D eigenvalue weighted by atomic mass is 19.2. The predicted molar refractivity (Wildman–Crippen MR) is 95.6 cm³/mol. The van der Waals surface area contributed by atoms with E-state index in [0.717, 1.165) is 0 Å². The molecule has 0 rings (SSSR count). The van der Waals surface area contributed by atoms with Crippen LogP contribution in [0.5, 0.6) is 0 Å². The Balaban J connectivity index is 6.12. The molecule has 1 radical (unpaired) electrons. The van der Waals surface area contributed by atoms with Crippen LogP contribution in [0.4, 0.5) is 27.8 Å². The summed E-state index contributed by atoms with van der Waals surface area (Å²) in [5.41, 5.74) is -3.83. The van der Waals surface area contributed by atoms with Crippen LogP contribution >= 0.6 is 0 Å². The van der Waals surface area contributed by atoms with E-state index >= 15 is 0 Å². The second-order valence-corrected chi connectivity index (χ2v) is 9.06. The number of carbonyl (C=O) groups excluding carboxylic acids is 3. The van der Waals surface area contributed by atoms with Crippen molar-refractivity contribution in [3.8, 4) is 0 Å². The standard InChI is InChI=1S/C17H29F3N3O6/c1-14(2,3)27-11(24)21(18)17(10,22(19)12(25)28-15(4,5)6)23(20)13(26)29-16(7,8)9/h10H2,1-9H3. The highest BCUT2D eigenvalue weighted by molar-refractivity contribution is 5.75. The lowest BCUT2D eigenvalue weighted by Gasteiger charge is -2.40. The van der Waals surface area contributed by atoms with Crippen LogP contribution in [0.3, 0.4) is 0 Å². The molecule has 0 saturated carbocycles. The van der Waals surface area contributed by atoms with Gasteiger partial charge in [-0.15, -0.1) is 0 Å². The van der Waals surface area contributed by atoms with Crippen LogP contribution in [0, 0.1) is 6.92 Å². The lowest BCUT2D eigenvalue weighted by atomic mass is 10.2. The molecule has 0 bridgehead atoms. The molecular weight excluding hydrogens is 399 g/mol. The minimum atomic E-state index is -3.83. The Hall–Kier alpha value is -2.40. The molecule has 0 aromatic carbocycles. The van der Waals surface area contributed by atoms with Crippen LogP contribution in [0.25, 0.3) is 0 Å². The lowest BCUT2D eigenvalue weighted by Crippen LogP contribution is -2.66. The summed E-state index contributed by atoms with van der Waals surface area (Å²) < 4.78 is 58.4. The quantitative estimate of drug-likeness (QED) is 0.363. The van der Waals surface area contributed by atoms with Gasteiger partial charge in [-0.3, -0.25) is 0 Å². The van der Waals surface area contributed by atoms with Crippen LogP contribution in [0.1, 0.15) is 62.3 Å². The Bertz CT molecular complexity index is 542. The first-order valence-corrected chi connectivity index (χ1v) is 8.54. The van der Waals surface area contributed by atoms with Gasteiger partial charge in [0.05, 0.1) is 0 Å². The average Bonchev–Trinajstić information content (AvgIpc) is 2.46. The average molecular weight is 428 g/mol. The molecule has 0 aliphatic rings. The fourth-order valence-electron chi connectivity index (χ4n) is 1.58. The van der Waals surface area contributed by atoms with Gasteiger partial charge in [0, 0.05) is 6.92 Å². The monoisotopic (exact) mass is 428 g/mol. The molecular formula is C17H29F3N3O6. The van der Waals surface area contributed by atoms with Crippen LogP contribution < -0.4 is 0 Å². The third kappa shape index (κ3) is 7.86. The van der Waals surface area contributed by atoms with Crippen LogP contribution in [-0.2, 0) is 14.2 Å². The molecule has 0 aromatic heterocycles. The normalized spacial score (nSPS) is 12.7. The smallest absolute Gasteiger partial charge is 0.442 e. The summed E-state index contributed by atoms with van der Waals surface area (Å²) in [6.07, 6.45) is -5.78. The number of halogens is 3. The molecule has 0 heterocycles. The summed E-state index contributed by atoms with van der Waals surface area (Å²) in [7, 11) is 0. The molecule has 0 atom stereocenters. The molecule has 29 heavy (non-hydrogen) atoms. The van der Waals surface area contributed by atoms with E-state index in [-0.39, 0.29) is 0 Å². The lowest BCUT2D eigenvalue weighted by molar-refractivity contribution is -0.278.